The molecule has 10 heteroatoms. The summed E-state index contributed by atoms with van der Waals surface area (Å²) < 4.78 is 18.5. The van der Waals surface area contributed by atoms with Crippen molar-refractivity contribution in [2.45, 2.75) is 19.9 Å². The molecule has 45 heavy (non-hydrogen) atoms. The molecule has 1 N–H and O–H groups in total. The van der Waals surface area contributed by atoms with E-state index < -0.39 is 12.0 Å². The first-order chi connectivity index (χ1) is 21.9. The average Bonchev–Trinajstić information content (AvgIpc) is 3.65. The van der Waals surface area contributed by atoms with Crippen molar-refractivity contribution in [3.05, 3.63) is 139 Å². The van der Waals surface area contributed by atoms with Crippen LogP contribution in [0.4, 0.5) is 5.69 Å². The van der Waals surface area contributed by atoms with E-state index in [1.165, 1.54) is 11.3 Å². The molecule has 1 amide bonds. The number of rotatable bonds is 8. The smallest absolute Gasteiger partial charge is 0.338 e. The van der Waals surface area contributed by atoms with Crippen LogP contribution in [0.5, 0.6) is 5.75 Å². The van der Waals surface area contributed by atoms with Crippen molar-refractivity contribution in [1.82, 2.24) is 4.57 Å². The maximum Gasteiger partial charge on any atom is 0.338 e. The van der Waals surface area contributed by atoms with Gasteiger partial charge in [0.1, 0.15) is 17.3 Å². The highest BCUT2D eigenvalue weighted by molar-refractivity contribution is 7.07. The number of nitrogens with one attached hydrogen (secondary N) is 1. The molecule has 2 aromatic heterocycles. The number of para-hydroxylation sites is 1. The molecular weight excluding hydrogens is 590 g/mol. The lowest BCUT2D eigenvalue weighted by Gasteiger charge is -2.25. The van der Waals surface area contributed by atoms with Gasteiger partial charge in [-0.2, -0.15) is 0 Å². The standard InChI is InChI=1S/C35H29N3O6S/c1-4-43-34(41)24-10-8-9-23(19-24)28-18-17-27(44-28)20-29-33(40)38-31(22-13-15-26(42-3)16-14-22)30(21(2)36-35(38)45-29)32(39)37-25-11-6-5-7-12-25/h5-20,31H,4H2,1-3H3,(H,37,39)/b29-20+/t31-/m1/s1. The van der Waals surface area contributed by atoms with Crippen molar-refractivity contribution in [2.75, 3.05) is 19.0 Å². The van der Waals surface area contributed by atoms with Crippen molar-refractivity contribution in [1.29, 1.82) is 0 Å². The van der Waals surface area contributed by atoms with E-state index >= 15 is 0 Å². The first-order valence-electron chi connectivity index (χ1n) is 14.3. The maximum absolute atomic E-state index is 14.0. The topological polar surface area (TPSA) is 112 Å². The summed E-state index contributed by atoms with van der Waals surface area (Å²) in [6.07, 6.45) is 1.66. The molecule has 5 aromatic rings. The molecule has 3 aromatic carbocycles. The predicted molar refractivity (Wildman–Crippen MR) is 172 cm³/mol. The number of esters is 1. The van der Waals surface area contributed by atoms with E-state index in [2.05, 4.69) is 5.32 Å². The van der Waals surface area contributed by atoms with Crippen LogP contribution in [0.25, 0.3) is 17.4 Å². The molecule has 0 aliphatic carbocycles. The molecular formula is C35H29N3O6S. The molecule has 0 bridgehead atoms. The van der Waals surface area contributed by atoms with Crippen LogP contribution in [0.2, 0.25) is 0 Å². The Labute approximate surface area is 262 Å². The summed E-state index contributed by atoms with van der Waals surface area (Å²) in [5, 5.41) is 2.95. The van der Waals surface area contributed by atoms with E-state index in [0.29, 0.717) is 54.7 Å². The van der Waals surface area contributed by atoms with E-state index in [9.17, 15) is 14.4 Å². The summed E-state index contributed by atoms with van der Waals surface area (Å²) in [4.78, 5) is 45.1. The summed E-state index contributed by atoms with van der Waals surface area (Å²) in [6, 6.07) is 26.2. The molecule has 0 radical (unpaired) electrons. The Kier molecular flexibility index (Phi) is 8.30. The Balaban J connectivity index is 1.40. The highest BCUT2D eigenvalue weighted by Crippen LogP contribution is 2.32. The van der Waals surface area contributed by atoms with Gasteiger partial charge in [0.15, 0.2) is 4.80 Å². The first kappa shape index (κ1) is 29.6. The van der Waals surface area contributed by atoms with Crippen LogP contribution in [-0.2, 0) is 9.53 Å². The molecule has 0 unspecified atom stereocenters. The third kappa shape index (κ3) is 6.00. The lowest BCUT2D eigenvalue weighted by atomic mass is 9.95. The number of carbonyl (C=O) groups is 2. The predicted octanol–water partition coefficient (Wildman–Crippen LogP) is 5.32. The van der Waals surface area contributed by atoms with Gasteiger partial charge in [-0.25, -0.2) is 9.79 Å². The summed E-state index contributed by atoms with van der Waals surface area (Å²) in [7, 11) is 1.58. The largest absolute Gasteiger partial charge is 0.497 e. The number of carbonyl (C=O) groups excluding carboxylic acids is 2. The Bertz CT molecular complexity index is 2110. The zero-order valence-corrected chi connectivity index (χ0v) is 25.6. The molecule has 6 rings (SSSR count). The lowest BCUT2D eigenvalue weighted by Crippen LogP contribution is -2.40. The molecule has 1 atom stereocenters. The Morgan fingerprint density at radius 2 is 1.80 bits per heavy atom. The number of furan rings is 1. The number of nitrogens with zero attached hydrogens (tertiary/aromatic N) is 2. The number of anilines is 1. The van der Waals surface area contributed by atoms with Crippen molar-refractivity contribution < 1.29 is 23.5 Å². The molecule has 0 saturated heterocycles. The van der Waals surface area contributed by atoms with Crippen LogP contribution in [0.15, 0.2) is 116 Å². The monoisotopic (exact) mass is 619 g/mol. The minimum absolute atomic E-state index is 0.281. The number of methoxy groups -OCH3 is 1. The molecule has 0 saturated carbocycles. The third-order valence-corrected chi connectivity index (χ3v) is 8.27. The summed E-state index contributed by atoms with van der Waals surface area (Å²) in [5.74, 6) is 0.884. The molecule has 0 fully saturated rings. The summed E-state index contributed by atoms with van der Waals surface area (Å²) in [6.45, 7) is 3.81. The minimum Gasteiger partial charge on any atom is -0.497 e. The zero-order valence-electron chi connectivity index (χ0n) is 24.8. The first-order valence-corrected chi connectivity index (χ1v) is 15.1. The fourth-order valence-electron chi connectivity index (χ4n) is 5.16. The number of benzene rings is 3. The van der Waals surface area contributed by atoms with Gasteiger partial charge in [0.2, 0.25) is 0 Å². The van der Waals surface area contributed by atoms with Crippen LogP contribution < -0.4 is 24.9 Å². The van der Waals surface area contributed by atoms with Gasteiger partial charge in [-0.1, -0.05) is 53.8 Å². The van der Waals surface area contributed by atoms with Gasteiger partial charge in [0.05, 0.1) is 41.1 Å². The molecule has 226 valence electrons. The summed E-state index contributed by atoms with van der Waals surface area (Å²) >= 11 is 1.22. The van der Waals surface area contributed by atoms with E-state index in [-0.39, 0.29) is 18.1 Å². The quantitative estimate of drug-likeness (QED) is 0.236. The van der Waals surface area contributed by atoms with Gasteiger partial charge in [-0.05, 0) is 67.9 Å². The fraction of sp³-hybridized carbons (Fsp3) is 0.143. The third-order valence-electron chi connectivity index (χ3n) is 7.29. The van der Waals surface area contributed by atoms with Crippen LogP contribution in [0.1, 0.15) is 41.6 Å². The van der Waals surface area contributed by atoms with Crippen LogP contribution >= 0.6 is 11.3 Å². The van der Waals surface area contributed by atoms with Crippen LogP contribution in [0.3, 0.4) is 0 Å². The second-order valence-electron chi connectivity index (χ2n) is 10.2. The van der Waals surface area contributed by atoms with Gasteiger partial charge in [-0.3, -0.25) is 14.2 Å². The van der Waals surface area contributed by atoms with E-state index in [4.69, 9.17) is 18.9 Å². The minimum atomic E-state index is -0.726. The average molecular weight is 620 g/mol. The van der Waals surface area contributed by atoms with Gasteiger partial charge >= 0.3 is 5.97 Å². The molecule has 1 aliphatic heterocycles. The van der Waals surface area contributed by atoms with Crippen molar-refractivity contribution in [3.8, 4) is 17.1 Å². The number of fused-ring (bicyclic) bond motifs is 1. The lowest BCUT2D eigenvalue weighted by molar-refractivity contribution is -0.113. The van der Waals surface area contributed by atoms with Crippen molar-refractivity contribution in [2.24, 2.45) is 4.99 Å². The molecule has 9 nitrogen and oxygen atoms in total. The van der Waals surface area contributed by atoms with E-state index in [0.717, 1.165) is 5.56 Å². The highest BCUT2D eigenvalue weighted by Gasteiger charge is 2.32. The number of hydrogen-bond acceptors (Lipinski definition) is 8. The summed E-state index contributed by atoms with van der Waals surface area (Å²) in [5.41, 5.74) is 3.06. The molecule has 0 spiro atoms. The number of thiazole rings is 1. The Morgan fingerprint density at radius 1 is 1.02 bits per heavy atom. The number of allylic oxidation sites excluding steroid dienone is 1. The normalized spacial score (nSPS) is 14.5. The van der Waals surface area contributed by atoms with E-state index in [1.807, 2.05) is 36.4 Å². The zero-order chi connectivity index (χ0) is 31.5. The number of aromatic nitrogens is 1. The van der Waals surface area contributed by atoms with Crippen LogP contribution in [0, 0.1) is 0 Å². The molecule has 1 aliphatic rings. The Morgan fingerprint density at radius 3 is 2.53 bits per heavy atom. The SMILES string of the molecule is CCOC(=O)c1cccc(-c2ccc(/C=c3/sc4n(c3=O)[C@H](c3ccc(OC)cc3)C(C(=O)Nc3ccccc3)=C(C)N=4)o2)c1. The number of amides is 1. The van der Waals surface area contributed by atoms with Gasteiger partial charge in [0, 0.05) is 17.3 Å². The van der Waals surface area contributed by atoms with Gasteiger partial charge < -0.3 is 19.2 Å². The fourth-order valence-corrected chi connectivity index (χ4v) is 6.19. The second-order valence-corrected chi connectivity index (χ2v) is 11.2. The number of hydrogen-bond donors (Lipinski definition) is 1. The van der Waals surface area contributed by atoms with Gasteiger partial charge in [0.25, 0.3) is 11.5 Å². The van der Waals surface area contributed by atoms with Crippen molar-refractivity contribution in [3.63, 3.8) is 0 Å². The molecule has 3 heterocycles. The van der Waals surface area contributed by atoms with E-state index in [1.54, 1.807) is 86.2 Å². The number of ether oxygens (including phenoxy) is 2. The highest BCUT2D eigenvalue weighted by atomic mass is 32.1. The Hall–Kier alpha value is -5.48. The van der Waals surface area contributed by atoms with Crippen molar-refractivity contribution >= 4 is 35.0 Å². The maximum atomic E-state index is 14.0. The van der Waals surface area contributed by atoms with Crippen LogP contribution in [-0.4, -0.2) is 30.2 Å². The van der Waals surface area contributed by atoms with Gasteiger partial charge in [-0.15, -0.1) is 0 Å². The second kappa shape index (κ2) is 12.6.